The highest BCUT2D eigenvalue weighted by atomic mass is 32.2. The molecule has 0 radical (unpaired) electrons. The Bertz CT molecular complexity index is 1260. The van der Waals surface area contributed by atoms with Gasteiger partial charge in [-0.05, 0) is 43.0 Å². The summed E-state index contributed by atoms with van der Waals surface area (Å²) in [5.41, 5.74) is 3.91. The van der Waals surface area contributed by atoms with Crippen molar-refractivity contribution in [3.05, 3.63) is 59.0 Å². The Morgan fingerprint density at radius 3 is 2.51 bits per heavy atom. The molecule has 3 aromatic heterocycles. The zero-order valence-electron chi connectivity index (χ0n) is 19.8. The van der Waals surface area contributed by atoms with Crippen molar-refractivity contribution in [2.75, 3.05) is 38.3 Å². The molecule has 4 heterocycles. The summed E-state index contributed by atoms with van der Waals surface area (Å²) in [7, 11) is 1.62. The third-order valence-corrected chi connectivity index (χ3v) is 6.68. The van der Waals surface area contributed by atoms with Crippen molar-refractivity contribution in [1.29, 1.82) is 10.5 Å². The Kier molecular flexibility index (Phi) is 8.15. The SMILES string of the molecule is COCCOc1ccc(-c2c(C#N)c(SCc3cncc(C)c3)nc(N3CCCC3)c2C#N)nc1. The second kappa shape index (κ2) is 11.7. The number of nitriles is 2. The number of hydrogen-bond acceptors (Lipinski definition) is 9. The molecule has 0 unspecified atom stereocenters. The van der Waals surface area contributed by atoms with E-state index in [0.717, 1.165) is 37.1 Å². The highest BCUT2D eigenvalue weighted by molar-refractivity contribution is 7.98. The summed E-state index contributed by atoms with van der Waals surface area (Å²) in [6.07, 6.45) is 7.33. The maximum Gasteiger partial charge on any atom is 0.148 e. The van der Waals surface area contributed by atoms with Crippen molar-refractivity contribution in [1.82, 2.24) is 15.0 Å². The number of rotatable bonds is 9. The van der Waals surface area contributed by atoms with E-state index < -0.39 is 0 Å². The minimum absolute atomic E-state index is 0.357. The average Bonchev–Trinajstić information content (AvgIpc) is 3.42. The Morgan fingerprint density at radius 1 is 1.06 bits per heavy atom. The minimum atomic E-state index is 0.357. The zero-order valence-corrected chi connectivity index (χ0v) is 20.6. The van der Waals surface area contributed by atoms with Crippen molar-refractivity contribution in [2.45, 2.75) is 30.5 Å². The lowest BCUT2D eigenvalue weighted by molar-refractivity contribution is 0.146. The Balaban J connectivity index is 1.77. The van der Waals surface area contributed by atoms with E-state index in [1.807, 2.05) is 19.3 Å². The molecule has 1 fully saturated rings. The van der Waals surface area contributed by atoms with Crippen molar-refractivity contribution >= 4 is 17.6 Å². The number of pyridine rings is 3. The fourth-order valence-corrected chi connectivity index (χ4v) is 4.89. The topological polar surface area (TPSA) is 108 Å². The highest BCUT2D eigenvalue weighted by Crippen LogP contribution is 2.39. The number of nitrogens with zero attached hydrogens (tertiary/aromatic N) is 6. The Hall–Kier alpha value is -3.66. The standard InChI is InChI=1S/C26H26N6O2S/c1-18-11-19(15-29-14-18)17-35-26-22(13-28)24(21(12-27)25(31-26)32-7-3-4-8-32)23-6-5-20(16-30-23)34-10-9-33-2/h5-6,11,14-16H,3-4,7-10,17H2,1-2H3. The van der Waals surface area contributed by atoms with Gasteiger partial charge < -0.3 is 14.4 Å². The fraction of sp³-hybridized carbons (Fsp3) is 0.346. The van der Waals surface area contributed by atoms with E-state index in [0.29, 0.717) is 57.9 Å². The van der Waals surface area contributed by atoms with Gasteiger partial charge in [-0.1, -0.05) is 6.07 Å². The van der Waals surface area contributed by atoms with Crippen LogP contribution in [0.15, 0.2) is 41.8 Å². The van der Waals surface area contributed by atoms with E-state index in [1.165, 1.54) is 11.8 Å². The largest absolute Gasteiger partial charge is 0.490 e. The van der Waals surface area contributed by atoms with Crippen LogP contribution in [0.25, 0.3) is 11.3 Å². The van der Waals surface area contributed by atoms with E-state index in [9.17, 15) is 10.5 Å². The van der Waals surface area contributed by atoms with Crippen LogP contribution in [-0.4, -0.2) is 48.4 Å². The molecule has 1 aliphatic heterocycles. The van der Waals surface area contributed by atoms with Crippen LogP contribution >= 0.6 is 11.8 Å². The Morgan fingerprint density at radius 2 is 1.86 bits per heavy atom. The van der Waals surface area contributed by atoms with Crippen LogP contribution in [0.2, 0.25) is 0 Å². The molecule has 0 aromatic carbocycles. The molecule has 4 rings (SSSR count). The van der Waals surface area contributed by atoms with Gasteiger partial charge in [-0.2, -0.15) is 10.5 Å². The third-order valence-electron chi connectivity index (χ3n) is 5.63. The van der Waals surface area contributed by atoms with Crippen LogP contribution in [-0.2, 0) is 10.5 Å². The minimum Gasteiger partial charge on any atom is -0.490 e. The lowest BCUT2D eigenvalue weighted by atomic mass is 10.0. The molecule has 3 aromatic rings. The first kappa shape index (κ1) is 24.5. The molecule has 35 heavy (non-hydrogen) atoms. The van der Waals surface area contributed by atoms with Gasteiger partial charge in [-0.3, -0.25) is 9.97 Å². The van der Waals surface area contributed by atoms with Crippen LogP contribution in [0.4, 0.5) is 5.82 Å². The highest BCUT2D eigenvalue weighted by Gasteiger charge is 2.26. The summed E-state index contributed by atoms with van der Waals surface area (Å²) in [5, 5.41) is 20.9. The predicted molar refractivity (Wildman–Crippen MR) is 134 cm³/mol. The predicted octanol–water partition coefficient (Wildman–Crippen LogP) is 4.51. The summed E-state index contributed by atoms with van der Waals surface area (Å²) in [6, 6.07) is 10.3. The molecular weight excluding hydrogens is 460 g/mol. The van der Waals surface area contributed by atoms with Crippen molar-refractivity contribution in [3.8, 4) is 29.1 Å². The quantitative estimate of drug-likeness (QED) is 0.319. The van der Waals surface area contributed by atoms with Gasteiger partial charge in [0.15, 0.2) is 0 Å². The van der Waals surface area contributed by atoms with Gasteiger partial charge in [0.2, 0.25) is 0 Å². The first-order chi connectivity index (χ1) is 17.1. The summed E-state index contributed by atoms with van der Waals surface area (Å²) < 4.78 is 10.6. The summed E-state index contributed by atoms with van der Waals surface area (Å²) >= 11 is 1.48. The summed E-state index contributed by atoms with van der Waals surface area (Å²) in [4.78, 5) is 15.8. The molecule has 9 heteroatoms. The van der Waals surface area contributed by atoms with E-state index in [2.05, 4.69) is 33.1 Å². The molecule has 0 atom stereocenters. The van der Waals surface area contributed by atoms with Gasteiger partial charge >= 0.3 is 0 Å². The van der Waals surface area contributed by atoms with Crippen LogP contribution in [0, 0.1) is 29.6 Å². The first-order valence-corrected chi connectivity index (χ1v) is 12.4. The average molecular weight is 487 g/mol. The van der Waals surface area contributed by atoms with E-state index in [-0.39, 0.29) is 0 Å². The van der Waals surface area contributed by atoms with E-state index >= 15 is 0 Å². The Labute approximate surface area is 209 Å². The molecular formula is C26H26N6O2S. The smallest absolute Gasteiger partial charge is 0.148 e. The molecule has 0 saturated carbocycles. The zero-order chi connectivity index (χ0) is 24.6. The molecule has 0 amide bonds. The lowest BCUT2D eigenvalue weighted by Gasteiger charge is -2.21. The van der Waals surface area contributed by atoms with E-state index in [4.69, 9.17) is 14.5 Å². The van der Waals surface area contributed by atoms with Crippen LogP contribution in [0.5, 0.6) is 5.75 Å². The monoisotopic (exact) mass is 486 g/mol. The van der Waals surface area contributed by atoms with Crippen molar-refractivity contribution in [3.63, 3.8) is 0 Å². The molecule has 0 bridgehead atoms. The molecule has 1 saturated heterocycles. The molecule has 0 aliphatic carbocycles. The van der Waals surface area contributed by atoms with Crippen molar-refractivity contribution in [2.24, 2.45) is 0 Å². The van der Waals surface area contributed by atoms with Crippen LogP contribution in [0.3, 0.4) is 0 Å². The molecule has 1 aliphatic rings. The first-order valence-electron chi connectivity index (χ1n) is 11.4. The van der Waals surface area contributed by atoms with Gasteiger partial charge in [0.05, 0.1) is 24.1 Å². The number of aromatic nitrogens is 3. The fourth-order valence-electron chi connectivity index (χ4n) is 3.98. The maximum atomic E-state index is 10.2. The molecule has 0 spiro atoms. The summed E-state index contributed by atoms with van der Waals surface area (Å²) in [5.74, 6) is 1.82. The maximum absolute atomic E-state index is 10.2. The molecule has 0 N–H and O–H groups in total. The number of aryl methyl sites for hydroxylation is 1. The normalized spacial score (nSPS) is 12.9. The van der Waals surface area contributed by atoms with Crippen molar-refractivity contribution < 1.29 is 9.47 Å². The number of methoxy groups -OCH3 is 1. The number of ether oxygens (including phenoxy) is 2. The molecule has 8 nitrogen and oxygen atoms in total. The van der Waals surface area contributed by atoms with Crippen LogP contribution in [0.1, 0.15) is 35.1 Å². The number of anilines is 1. The van der Waals surface area contributed by atoms with E-state index in [1.54, 1.807) is 25.4 Å². The summed E-state index contributed by atoms with van der Waals surface area (Å²) in [6.45, 7) is 4.55. The molecule has 178 valence electrons. The van der Waals surface area contributed by atoms with Gasteiger partial charge in [0.25, 0.3) is 0 Å². The number of thioether (sulfide) groups is 1. The van der Waals surface area contributed by atoms with Gasteiger partial charge in [-0.25, -0.2) is 4.98 Å². The third kappa shape index (κ3) is 5.71. The second-order valence-corrected chi connectivity index (χ2v) is 9.13. The van der Waals surface area contributed by atoms with Gasteiger partial charge in [-0.15, -0.1) is 11.8 Å². The lowest BCUT2D eigenvalue weighted by Crippen LogP contribution is -2.21. The van der Waals surface area contributed by atoms with Gasteiger partial charge in [0, 0.05) is 43.9 Å². The van der Waals surface area contributed by atoms with Gasteiger partial charge in [0.1, 0.15) is 40.9 Å². The van der Waals surface area contributed by atoms with Crippen LogP contribution < -0.4 is 9.64 Å². The second-order valence-electron chi connectivity index (χ2n) is 8.16. The number of hydrogen-bond donors (Lipinski definition) is 0.